The summed E-state index contributed by atoms with van der Waals surface area (Å²) in [7, 11) is 1.59. The molecule has 0 spiro atoms. The number of aryl methyl sites for hydroxylation is 2. The molecule has 25 heavy (non-hydrogen) atoms. The van der Waals surface area contributed by atoms with Crippen molar-refractivity contribution >= 4 is 23.2 Å². The Hall–Kier alpha value is -3.42. The third kappa shape index (κ3) is 4.11. The van der Waals surface area contributed by atoms with E-state index in [-0.39, 0.29) is 11.3 Å². The van der Waals surface area contributed by atoms with Crippen molar-refractivity contribution in [2.75, 3.05) is 12.4 Å². The maximum Gasteiger partial charge on any atom is 0.272 e. The molecule has 0 radical (unpaired) electrons. The van der Waals surface area contributed by atoms with Gasteiger partial charge in [0.1, 0.15) is 0 Å². The first kappa shape index (κ1) is 17.9. The Morgan fingerprint density at radius 3 is 2.16 bits per heavy atom. The highest BCUT2D eigenvalue weighted by Gasteiger charge is 2.17. The van der Waals surface area contributed by atoms with Crippen LogP contribution in [0.25, 0.3) is 0 Å². The van der Waals surface area contributed by atoms with Crippen LogP contribution in [0.3, 0.4) is 0 Å². The summed E-state index contributed by atoms with van der Waals surface area (Å²) in [5.41, 5.74) is 7.07. The van der Waals surface area contributed by atoms with Gasteiger partial charge in [-0.2, -0.15) is 0 Å². The normalized spacial score (nSPS) is 10.0. The minimum absolute atomic E-state index is 0.0534. The highest BCUT2D eigenvalue weighted by molar-refractivity contribution is 6.03. The second-order valence-electron chi connectivity index (χ2n) is 5.46. The lowest BCUT2D eigenvalue weighted by molar-refractivity contribution is -0.384. The summed E-state index contributed by atoms with van der Waals surface area (Å²) < 4.78 is 0. The van der Waals surface area contributed by atoms with Crippen molar-refractivity contribution in [1.29, 1.82) is 0 Å². The fourth-order valence-corrected chi connectivity index (χ4v) is 2.37. The van der Waals surface area contributed by atoms with Crippen molar-refractivity contribution in [3.05, 3.63) is 68.8 Å². The SMILES string of the molecule is CNc1ccc([N+](=O)[O-])cc1C(=O)NNC(=O)c1ccc(C)cc1C. The monoisotopic (exact) mass is 342 g/mol. The molecule has 0 fully saturated rings. The summed E-state index contributed by atoms with van der Waals surface area (Å²) in [5, 5.41) is 13.7. The minimum atomic E-state index is -0.661. The number of hydrogen-bond acceptors (Lipinski definition) is 5. The Bertz CT molecular complexity index is 849. The van der Waals surface area contributed by atoms with Gasteiger partial charge in [-0.15, -0.1) is 0 Å². The predicted octanol–water partition coefficient (Wildman–Crippen LogP) is 2.33. The lowest BCUT2D eigenvalue weighted by Crippen LogP contribution is -2.42. The topological polar surface area (TPSA) is 113 Å². The van der Waals surface area contributed by atoms with E-state index in [0.29, 0.717) is 11.3 Å². The number of hydrazine groups is 1. The first-order valence-electron chi connectivity index (χ1n) is 7.47. The molecule has 0 bridgehead atoms. The number of nitro groups is 1. The molecule has 3 N–H and O–H groups in total. The lowest BCUT2D eigenvalue weighted by Gasteiger charge is -2.12. The van der Waals surface area contributed by atoms with Gasteiger partial charge in [0, 0.05) is 30.4 Å². The maximum absolute atomic E-state index is 12.3. The smallest absolute Gasteiger partial charge is 0.272 e. The number of nitrogens with one attached hydrogen (secondary N) is 3. The van der Waals surface area contributed by atoms with Crippen LogP contribution in [0.5, 0.6) is 0 Å². The van der Waals surface area contributed by atoms with E-state index in [9.17, 15) is 19.7 Å². The highest BCUT2D eigenvalue weighted by atomic mass is 16.6. The van der Waals surface area contributed by atoms with Crippen molar-refractivity contribution in [3.63, 3.8) is 0 Å². The molecule has 2 amide bonds. The average Bonchev–Trinajstić information content (AvgIpc) is 2.58. The number of anilines is 1. The van der Waals surface area contributed by atoms with Crippen molar-refractivity contribution < 1.29 is 14.5 Å². The second-order valence-corrected chi connectivity index (χ2v) is 5.46. The number of rotatable bonds is 4. The lowest BCUT2D eigenvalue weighted by atomic mass is 10.1. The second kappa shape index (κ2) is 7.43. The van der Waals surface area contributed by atoms with E-state index in [0.717, 1.165) is 17.2 Å². The summed E-state index contributed by atoms with van der Waals surface area (Å²) in [6.07, 6.45) is 0. The van der Waals surface area contributed by atoms with E-state index < -0.39 is 16.7 Å². The van der Waals surface area contributed by atoms with E-state index in [1.807, 2.05) is 13.0 Å². The molecule has 0 aromatic heterocycles. The summed E-state index contributed by atoms with van der Waals surface area (Å²) in [4.78, 5) is 34.8. The van der Waals surface area contributed by atoms with Crippen molar-refractivity contribution in [2.24, 2.45) is 0 Å². The van der Waals surface area contributed by atoms with Crippen molar-refractivity contribution in [3.8, 4) is 0 Å². The first-order valence-corrected chi connectivity index (χ1v) is 7.47. The molecule has 0 saturated carbocycles. The molecule has 0 aliphatic rings. The number of nitro benzene ring substituents is 1. The minimum Gasteiger partial charge on any atom is -0.387 e. The van der Waals surface area contributed by atoms with Crippen molar-refractivity contribution in [1.82, 2.24) is 10.9 Å². The summed E-state index contributed by atoms with van der Waals surface area (Å²) >= 11 is 0. The number of carbonyl (C=O) groups is 2. The number of non-ortho nitro benzene ring substituents is 1. The zero-order valence-corrected chi connectivity index (χ0v) is 14.0. The van der Waals surface area contributed by atoms with E-state index in [2.05, 4.69) is 16.2 Å². The van der Waals surface area contributed by atoms with Crippen LogP contribution >= 0.6 is 0 Å². The fraction of sp³-hybridized carbons (Fsp3) is 0.176. The van der Waals surface area contributed by atoms with Gasteiger partial charge in [0.15, 0.2) is 0 Å². The Morgan fingerprint density at radius 2 is 1.60 bits per heavy atom. The molecule has 0 aliphatic carbocycles. The number of nitrogens with zero attached hydrogens (tertiary/aromatic N) is 1. The molecule has 0 atom stereocenters. The summed E-state index contributed by atoms with van der Waals surface area (Å²) in [5.74, 6) is -1.13. The Kier molecular flexibility index (Phi) is 5.33. The maximum atomic E-state index is 12.3. The van der Waals surface area contributed by atoms with E-state index in [4.69, 9.17) is 0 Å². The van der Waals surface area contributed by atoms with Gasteiger partial charge in [-0.25, -0.2) is 0 Å². The molecule has 8 heteroatoms. The average molecular weight is 342 g/mol. The highest BCUT2D eigenvalue weighted by Crippen LogP contribution is 2.21. The zero-order chi connectivity index (χ0) is 18.6. The van der Waals surface area contributed by atoms with Crippen LogP contribution in [-0.2, 0) is 0 Å². The van der Waals surface area contributed by atoms with Gasteiger partial charge in [0.2, 0.25) is 0 Å². The van der Waals surface area contributed by atoms with Gasteiger partial charge in [-0.1, -0.05) is 17.7 Å². The number of hydrogen-bond donors (Lipinski definition) is 3. The van der Waals surface area contributed by atoms with Crippen LogP contribution in [0.15, 0.2) is 36.4 Å². The van der Waals surface area contributed by atoms with Gasteiger partial charge in [-0.05, 0) is 31.5 Å². The number of amides is 2. The summed E-state index contributed by atoms with van der Waals surface area (Å²) in [6, 6.07) is 9.18. The number of benzene rings is 2. The van der Waals surface area contributed by atoms with Crippen LogP contribution in [-0.4, -0.2) is 23.8 Å². The van der Waals surface area contributed by atoms with Crippen LogP contribution < -0.4 is 16.2 Å². The quantitative estimate of drug-likeness (QED) is 0.583. The first-order chi connectivity index (χ1) is 11.8. The molecule has 0 aliphatic heterocycles. The molecule has 2 aromatic carbocycles. The third-order valence-corrected chi connectivity index (χ3v) is 3.64. The van der Waals surface area contributed by atoms with Gasteiger partial charge in [0.25, 0.3) is 17.5 Å². The van der Waals surface area contributed by atoms with Crippen molar-refractivity contribution in [2.45, 2.75) is 13.8 Å². The predicted molar refractivity (Wildman–Crippen MR) is 93.5 cm³/mol. The fourth-order valence-electron chi connectivity index (χ4n) is 2.37. The molecule has 0 heterocycles. The van der Waals surface area contributed by atoms with E-state index in [1.165, 1.54) is 12.1 Å². The van der Waals surface area contributed by atoms with Crippen LogP contribution in [0.4, 0.5) is 11.4 Å². The van der Waals surface area contributed by atoms with Gasteiger partial charge >= 0.3 is 0 Å². The molecule has 0 saturated heterocycles. The Morgan fingerprint density at radius 1 is 0.960 bits per heavy atom. The molecule has 2 aromatic rings. The van der Waals surface area contributed by atoms with Crippen LogP contribution in [0.1, 0.15) is 31.8 Å². The zero-order valence-electron chi connectivity index (χ0n) is 14.0. The van der Waals surface area contributed by atoms with Gasteiger partial charge in [0.05, 0.1) is 10.5 Å². The molecule has 2 rings (SSSR count). The Balaban J connectivity index is 2.15. The molecular formula is C17H18N4O4. The molecule has 130 valence electrons. The largest absolute Gasteiger partial charge is 0.387 e. The number of carbonyl (C=O) groups excluding carboxylic acids is 2. The molecule has 8 nitrogen and oxygen atoms in total. The van der Waals surface area contributed by atoms with Crippen LogP contribution in [0.2, 0.25) is 0 Å². The Labute approximate surface area is 144 Å². The van der Waals surface area contributed by atoms with Crippen LogP contribution in [0, 0.1) is 24.0 Å². The van der Waals surface area contributed by atoms with E-state index in [1.54, 1.807) is 26.1 Å². The van der Waals surface area contributed by atoms with E-state index >= 15 is 0 Å². The third-order valence-electron chi connectivity index (χ3n) is 3.64. The summed E-state index contributed by atoms with van der Waals surface area (Å²) in [6.45, 7) is 3.71. The standard InChI is InChI=1S/C17H18N4O4/c1-10-4-6-13(11(2)8-10)16(22)19-20-17(23)14-9-12(21(24)25)5-7-15(14)18-3/h4-9,18H,1-3H3,(H,19,22)(H,20,23). The molecule has 0 unspecified atom stereocenters. The van der Waals surface area contributed by atoms with Gasteiger partial charge < -0.3 is 5.32 Å². The molecular weight excluding hydrogens is 324 g/mol. The van der Waals surface area contributed by atoms with Gasteiger partial charge in [-0.3, -0.25) is 30.6 Å².